The van der Waals surface area contributed by atoms with Crippen LogP contribution in [0.4, 0.5) is 0 Å². The second-order valence-corrected chi connectivity index (χ2v) is 7.36. The van der Waals surface area contributed by atoms with Gasteiger partial charge in [0.2, 0.25) is 0 Å². The van der Waals surface area contributed by atoms with E-state index in [0.29, 0.717) is 12.5 Å². The Morgan fingerprint density at radius 3 is 2.73 bits per heavy atom. The number of fused-ring (bicyclic) bond motifs is 5. The third-order valence-electron chi connectivity index (χ3n) is 5.94. The number of furan rings is 1. The van der Waals surface area contributed by atoms with Crippen LogP contribution in [-0.4, -0.2) is 6.54 Å². The largest absolute Gasteiger partial charge is 0.469 e. The predicted molar refractivity (Wildman–Crippen MR) is 108 cm³/mol. The van der Waals surface area contributed by atoms with Gasteiger partial charge in [0, 0.05) is 6.42 Å². The van der Waals surface area contributed by atoms with Crippen LogP contribution in [0.2, 0.25) is 0 Å². The SMILES string of the molecule is NCCc1occc1C1CCc2ccc3c(ccc4ccccc43)c2C1. The predicted octanol–water partition coefficient (Wildman–Crippen LogP) is 5.36. The Balaban J connectivity index is 1.62. The summed E-state index contributed by atoms with van der Waals surface area (Å²) in [5.74, 6) is 1.60. The van der Waals surface area contributed by atoms with E-state index in [2.05, 4.69) is 54.6 Å². The molecule has 1 heterocycles. The number of rotatable bonds is 3. The molecule has 3 aromatic carbocycles. The molecule has 0 bridgehead atoms. The zero-order valence-electron chi connectivity index (χ0n) is 14.9. The van der Waals surface area contributed by atoms with Crippen LogP contribution < -0.4 is 5.73 Å². The zero-order valence-corrected chi connectivity index (χ0v) is 14.9. The van der Waals surface area contributed by atoms with E-state index in [4.69, 9.17) is 10.2 Å². The van der Waals surface area contributed by atoms with Gasteiger partial charge < -0.3 is 10.2 Å². The number of hydrogen-bond acceptors (Lipinski definition) is 2. The second kappa shape index (κ2) is 6.30. The molecular formula is C24H23NO. The first-order chi connectivity index (χ1) is 12.8. The van der Waals surface area contributed by atoms with Crippen LogP contribution in [0.15, 0.2) is 65.3 Å². The molecule has 0 spiro atoms. The first-order valence-electron chi connectivity index (χ1n) is 9.53. The summed E-state index contributed by atoms with van der Waals surface area (Å²) in [6, 6.07) is 20.1. The molecule has 0 saturated heterocycles. The van der Waals surface area contributed by atoms with Crippen molar-refractivity contribution in [2.75, 3.05) is 6.54 Å². The van der Waals surface area contributed by atoms with Crippen LogP contribution in [-0.2, 0) is 19.3 Å². The highest BCUT2D eigenvalue weighted by atomic mass is 16.3. The van der Waals surface area contributed by atoms with Gasteiger partial charge in [-0.05, 0) is 76.0 Å². The molecule has 0 radical (unpaired) electrons. The van der Waals surface area contributed by atoms with E-state index in [-0.39, 0.29) is 0 Å². The minimum Gasteiger partial charge on any atom is -0.469 e. The second-order valence-electron chi connectivity index (χ2n) is 7.36. The van der Waals surface area contributed by atoms with E-state index in [1.165, 1.54) is 44.7 Å². The number of benzene rings is 3. The van der Waals surface area contributed by atoms with Crippen molar-refractivity contribution in [3.8, 4) is 0 Å². The quantitative estimate of drug-likeness (QED) is 0.510. The maximum atomic E-state index is 5.76. The van der Waals surface area contributed by atoms with Gasteiger partial charge in [-0.15, -0.1) is 0 Å². The normalized spacial score (nSPS) is 16.9. The molecule has 5 rings (SSSR count). The summed E-state index contributed by atoms with van der Waals surface area (Å²) in [5, 5.41) is 5.45. The minimum atomic E-state index is 0.528. The van der Waals surface area contributed by atoms with Crippen molar-refractivity contribution in [3.63, 3.8) is 0 Å². The molecular weight excluding hydrogens is 318 g/mol. The van der Waals surface area contributed by atoms with Gasteiger partial charge >= 0.3 is 0 Å². The van der Waals surface area contributed by atoms with Crippen molar-refractivity contribution in [2.45, 2.75) is 31.6 Å². The van der Waals surface area contributed by atoms with E-state index in [1.807, 2.05) is 6.26 Å². The van der Waals surface area contributed by atoms with E-state index in [0.717, 1.165) is 25.0 Å². The number of aryl methyl sites for hydroxylation is 1. The van der Waals surface area contributed by atoms with Gasteiger partial charge in [0.25, 0.3) is 0 Å². The molecule has 1 aliphatic rings. The van der Waals surface area contributed by atoms with Gasteiger partial charge in [-0.2, -0.15) is 0 Å². The molecule has 2 N–H and O–H groups in total. The topological polar surface area (TPSA) is 39.2 Å². The lowest BCUT2D eigenvalue weighted by atomic mass is 9.78. The summed E-state index contributed by atoms with van der Waals surface area (Å²) in [7, 11) is 0. The summed E-state index contributed by atoms with van der Waals surface area (Å²) in [6.45, 7) is 0.638. The average molecular weight is 341 g/mol. The van der Waals surface area contributed by atoms with Crippen molar-refractivity contribution in [2.24, 2.45) is 5.73 Å². The molecule has 4 aromatic rings. The zero-order chi connectivity index (χ0) is 17.5. The molecule has 0 fully saturated rings. The van der Waals surface area contributed by atoms with Gasteiger partial charge in [-0.3, -0.25) is 0 Å². The lowest BCUT2D eigenvalue weighted by molar-refractivity contribution is 0.491. The minimum absolute atomic E-state index is 0.528. The van der Waals surface area contributed by atoms with Crippen LogP contribution in [0.1, 0.15) is 34.8 Å². The lowest BCUT2D eigenvalue weighted by Gasteiger charge is -2.26. The first kappa shape index (κ1) is 15.7. The molecule has 0 saturated carbocycles. The Kier molecular flexibility index (Phi) is 3.79. The maximum Gasteiger partial charge on any atom is 0.108 e. The Morgan fingerprint density at radius 1 is 0.923 bits per heavy atom. The Labute approximate surface area is 153 Å². The third kappa shape index (κ3) is 2.45. The summed E-state index contributed by atoms with van der Waals surface area (Å²) < 4.78 is 5.71. The average Bonchev–Trinajstić information content (AvgIpc) is 3.15. The van der Waals surface area contributed by atoms with Crippen LogP contribution in [0.5, 0.6) is 0 Å². The van der Waals surface area contributed by atoms with E-state index < -0.39 is 0 Å². The van der Waals surface area contributed by atoms with Crippen molar-refractivity contribution < 1.29 is 4.42 Å². The van der Waals surface area contributed by atoms with Crippen LogP contribution in [0.25, 0.3) is 21.5 Å². The molecule has 0 aliphatic heterocycles. The Hall–Kier alpha value is -2.58. The van der Waals surface area contributed by atoms with E-state index in [1.54, 1.807) is 0 Å². The molecule has 1 unspecified atom stereocenters. The van der Waals surface area contributed by atoms with Crippen molar-refractivity contribution in [1.29, 1.82) is 0 Å². The van der Waals surface area contributed by atoms with Crippen LogP contribution in [0, 0.1) is 0 Å². The van der Waals surface area contributed by atoms with Gasteiger partial charge in [-0.1, -0.05) is 48.5 Å². The van der Waals surface area contributed by atoms with Gasteiger partial charge in [0.15, 0.2) is 0 Å². The van der Waals surface area contributed by atoms with E-state index in [9.17, 15) is 0 Å². The van der Waals surface area contributed by atoms with Crippen LogP contribution >= 0.6 is 0 Å². The molecule has 2 heteroatoms. The van der Waals surface area contributed by atoms with Gasteiger partial charge in [0.05, 0.1) is 6.26 Å². The fourth-order valence-electron chi connectivity index (χ4n) is 4.66. The van der Waals surface area contributed by atoms with E-state index >= 15 is 0 Å². The molecule has 1 atom stereocenters. The summed E-state index contributed by atoms with van der Waals surface area (Å²) in [4.78, 5) is 0. The smallest absolute Gasteiger partial charge is 0.108 e. The highest BCUT2D eigenvalue weighted by Crippen LogP contribution is 2.39. The molecule has 1 aliphatic carbocycles. The highest BCUT2D eigenvalue weighted by molar-refractivity contribution is 6.08. The Morgan fingerprint density at radius 2 is 1.81 bits per heavy atom. The molecule has 26 heavy (non-hydrogen) atoms. The lowest BCUT2D eigenvalue weighted by Crippen LogP contribution is -2.15. The van der Waals surface area contributed by atoms with Gasteiger partial charge in [0.1, 0.15) is 5.76 Å². The monoisotopic (exact) mass is 341 g/mol. The number of hydrogen-bond donors (Lipinski definition) is 1. The van der Waals surface area contributed by atoms with Crippen molar-refractivity contribution in [1.82, 2.24) is 0 Å². The van der Waals surface area contributed by atoms with Crippen molar-refractivity contribution >= 4 is 21.5 Å². The molecule has 130 valence electrons. The maximum absolute atomic E-state index is 5.76. The first-order valence-corrected chi connectivity index (χ1v) is 9.53. The standard InChI is InChI=1S/C24H23NO/c25-13-11-24-20(12-14-26-24)18-6-5-17-8-9-21-19-4-2-1-3-16(19)7-10-22(21)23(17)15-18/h1-4,7-10,12,14,18H,5-6,11,13,15,25H2. The summed E-state index contributed by atoms with van der Waals surface area (Å²) >= 11 is 0. The fraction of sp³-hybridized carbons (Fsp3) is 0.250. The summed E-state index contributed by atoms with van der Waals surface area (Å²) in [6.07, 6.45) is 6.06. The summed E-state index contributed by atoms with van der Waals surface area (Å²) in [5.41, 5.74) is 10.1. The molecule has 2 nitrogen and oxygen atoms in total. The molecule has 1 aromatic heterocycles. The van der Waals surface area contributed by atoms with Gasteiger partial charge in [-0.25, -0.2) is 0 Å². The molecule has 0 amide bonds. The number of nitrogens with two attached hydrogens (primary N) is 1. The van der Waals surface area contributed by atoms with Crippen LogP contribution in [0.3, 0.4) is 0 Å². The van der Waals surface area contributed by atoms with Crippen molar-refractivity contribution in [3.05, 3.63) is 83.3 Å². The fourth-order valence-corrected chi connectivity index (χ4v) is 4.66. The Bertz CT molecular complexity index is 1090. The highest BCUT2D eigenvalue weighted by Gasteiger charge is 2.25. The third-order valence-corrected chi connectivity index (χ3v) is 5.94.